The number of hydrogen-bond acceptors (Lipinski definition) is 4. The Bertz CT molecular complexity index is 1260. The van der Waals surface area contributed by atoms with Crippen LogP contribution in [0.3, 0.4) is 0 Å². The number of benzene rings is 2. The number of para-hydroxylation sites is 1. The molecule has 194 valence electrons. The van der Waals surface area contributed by atoms with E-state index >= 15 is 0 Å². The summed E-state index contributed by atoms with van der Waals surface area (Å²) in [5.74, 6) is -0.126. The Kier molecular flexibility index (Phi) is 7.28. The second-order valence-electron chi connectivity index (χ2n) is 10.5. The predicted molar refractivity (Wildman–Crippen MR) is 144 cm³/mol. The van der Waals surface area contributed by atoms with Crippen molar-refractivity contribution in [2.24, 2.45) is 5.73 Å². The highest BCUT2D eigenvalue weighted by Gasteiger charge is 2.38. The Balaban J connectivity index is 1.40. The summed E-state index contributed by atoms with van der Waals surface area (Å²) in [4.78, 5) is 33.3. The van der Waals surface area contributed by atoms with Crippen LogP contribution in [0.4, 0.5) is 10.5 Å². The smallest absolute Gasteiger partial charge is 0.322 e. The molecule has 2 aromatic carbocycles. The van der Waals surface area contributed by atoms with E-state index in [1.807, 2.05) is 36.7 Å². The molecule has 8 nitrogen and oxygen atoms in total. The van der Waals surface area contributed by atoms with Crippen LogP contribution in [0.5, 0.6) is 0 Å². The van der Waals surface area contributed by atoms with Crippen molar-refractivity contribution in [3.05, 3.63) is 82.9 Å². The van der Waals surface area contributed by atoms with E-state index < -0.39 is 6.04 Å². The first-order valence-electron chi connectivity index (χ1n) is 13.1. The summed E-state index contributed by atoms with van der Waals surface area (Å²) in [5, 5.41) is 6.17. The molecule has 2 heterocycles. The molecule has 8 heteroatoms. The van der Waals surface area contributed by atoms with E-state index in [2.05, 4.69) is 52.2 Å². The van der Waals surface area contributed by atoms with Crippen LogP contribution in [-0.2, 0) is 24.3 Å². The van der Waals surface area contributed by atoms with Gasteiger partial charge in [-0.25, -0.2) is 9.78 Å². The summed E-state index contributed by atoms with van der Waals surface area (Å²) >= 11 is 0. The predicted octanol–water partition coefficient (Wildman–Crippen LogP) is 3.89. The maximum absolute atomic E-state index is 13.5. The van der Waals surface area contributed by atoms with Crippen LogP contribution in [0.15, 0.2) is 54.9 Å². The number of aromatic nitrogens is 2. The van der Waals surface area contributed by atoms with Crippen LogP contribution >= 0.6 is 0 Å². The minimum Gasteiger partial charge on any atom is -0.352 e. The Morgan fingerprint density at radius 3 is 2.57 bits per heavy atom. The van der Waals surface area contributed by atoms with Gasteiger partial charge in [-0.1, -0.05) is 42.0 Å². The van der Waals surface area contributed by atoms with Crippen molar-refractivity contribution in [2.75, 3.05) is 5.32 Å². The summed E-state index contributed by atoms with van der Waals surface area (Å²) in [7, 11) is 0. The second-order valence-corrected chi connectivity index (χ2v) is 10.5. The van der Waals surface area contributed by atoms with Gasteiger partial charge >= 0.3 is 6.03 Å². The van der Waals surface area contributed by atoms with Gasteiger partial charge in [-0.05, 0) is 62.8 Å². The van der Waals surface area contributed by atoms with E-state index in [0.29, 0.717) is 25.2 Å². The van der Waals surface area contributed by atoms with Gasteiger partial charge in [0.1, 0.15) is 6.04 Å². The first-order chi connectivity index (χ1) is 17.9. The van der Waals surface area contributed by atoms with E-state index in [4.69, 9.17) is 5.73 Å². The van der Waals surface area contributed by atoms with Crippen molar-refractivity contribution in [3.8, 4) is 0 Å². The van der Waals surface area contributed by atoms with Gasteiger partial charge in [0.05, 0.1) is 24.3 Å². The van der Waals surface area contributed by atoms with Crippen molar-refractivity contribution in [1.82, 2.24) is 19.8 Å². The SMILES string of the molecule is Cc1ccc(C)c(Cn2cnc3c2CN(C(=O)Nc2ccccc2)C(C(=O)NC2CCC(N)CC2)C3)c1. The summed E-state index contributed by atoms with van der Waals surface area (Å²) in [6, 6.07) is 15.2. The third-order valence-corrected chi connectivity index (χ3v) is 7.67. The minimum absolute atomic E-state index is 0.0922. The number of urea groups is 1. The first-order valence-corrected chi connectivity index (χ1v) is 13.1. The molecule has 0 saturated heterocycles. The van der Waals surface area contributed by atoms with E-state index in [1.54, 1.807) is 4.90 Å². The van der Waals surface area contributed by atoms with Gasteiger partial charge in [-0.15, -0.1) is 0 Å². The molecule has 1 aliphatic carbocycles. The van der Waals surface area contributed by atoms with Crippen LogP contribution in [0.2, 0.25) is 0 Å². The molecule has 5 rings (SSSR count). The Morgan fingerprint density at radius 1 is 1.05 bits per heavy atom. The molecule has 1 fully saturated rings. The van der Waals surface area contributed by atoms with Crippen LogP contribution in [0.1, 0.15) is 53.8 Å². The van der Waals surface area contributed by atoms with Gasteiger partial charge in [0, 0.05) is 30.7 Å². The number of amides is 3. The number of fused-ring (bicyclic) bond motifs is 1. The zero-order chi connectivity index (χ0) is 25.9. The number of imidazole rings is 1. The number of hydrogen-bond donors (Lipinski definition) is 3. The molecule has 1 aromatic heterocycles. The van der Waals surface area contributed by atoms with Crippen molar-refractivity contribution in [2.45, 2.75) is 77.2 Å². The van der Waals surface area contributed by atoms with Gasteiger partial charge in [0.2, 0.25) is 5.91 Å². The minimum atomic E-state index is -0.629. The largest absolute Gasteiger partial charge is 0.352 e. The fourth-order valence-electron chi connectivity index (χ4n) is 5.38. The lowest BCUT2D eigenvalue weighted by atomic mass is 9.91. The maximum atomic E-state index is 13.5. The number of anilines is 1. The van der Waals surface area contributed by atoms with E-state index in [1.165, 1.54) is 16.7 Å². The lowest BCUT2D eigenvalue weighted by molar-refractivity contribution is -0.126. The molecule has 37 heavy (non-hydrogen) atoms. The molecule has 0 spiro atoms. The van der Waals surface area contributed by atoms with E-state index in [-0.39, 0.29) is 24.0 Å². The molecule has 1 aliphatic heterocycles. The van der Waals surface area contributed by atoms with Gasteiger partial charge in [-0.2, -0.15) is 0 Å². The van der Waals surface area contributed by atoms with Crippen LogP contribution in [-0.4, -0.2) is 44.5 Å². The highest BCUT2D eigenvalue weighted by atomic mass is 16.2. The molecule has 3 amide bonds. The number of nitrogens with two attached hydrogens (primary N) is 1. The second kappa shape index (κ2) is 10.8. The molecule has 0 bridgehead atoms. The lowest BCUT2D eigenvalue weighted by Crippen LogP contribution is -2.56. The highest BCUT2D eigenvalue weighted by molar-refractivity contribution is 5.94. The summed E-state index contributed by atoms with van der Waals surface area (Å²) in [6.07, 6.45) is 5.76. The maximum Gasteiger partial charge on any atom is 0.322 e. The van der Waals surface area contributed by atoms with Crippen LogP contribution < -0.4 is 16.4 Å². The third kappa shape index (κ3) is 5.69. The van der Waals surface area contributed by atoms with Crippen molar-refractivity contribution in [3.63, 3.8) is 0 Å². The summed E-state index contributed by atoms with van der Waals surface area (Å²) in [6.45, 7) is 5.18. The first kappa shape index (κ1) is 25.0. The van der Waals surface area contributed by atoms with Gasteiger partial charge in [0.25, 0.3) is 0 Å². The van der Waals surface area contributed by atoms with Crippen LogP contribution in [0, 0.1) is 13.8 Å². The number of aryl methyl sites for hydroxylation is 2. The fourth-order valence-corrected chi connectivity index (χ4v) is 5.38. The molecule has 3 aromatic rings. The van der Waals surface area contributed by atoms with Crippen molar-refractivity contribution < 1.29 is 9.59 Å². The van der Waals surface area contributed by atoms with Gasteiger partial charge in [0.15, 0.2) is 0 Å². The monoisotopic (exact) mass is 500 g/mol. The normalized spacial score (nSPS) is 21.3. The number of rotatable bonds is 5. The topological polar surface area (TPSA) is 105 Å². The zero-order valence-corrected chi connectivity index (χ0v) is 21.6. The number of nitrogens with one attached hydrogen (secondary N) is 2. The molecule has 1 unspecified atom stereocenters. The van der Waals surface area contributed by atoms with E-state index in [0.717, 1.165) is 37.1 Å². The number of carbonyl (C=O) groups excluding carboxylic acids is 2. The van der Waals surface area contributed by atoms with E-state index in [9.17, 15) is 9.59 Å². The highest BCUT2D eigenvalue weighted by Crippen LogP contribution is 2.26. The average Bonchev–Trinajstić information content (AvgIpc) is 3.29. The lowest BCUT2D eigenvalue weighted by Gasteiger charge is -2.36. The quantitative estimate of drug-likeness (QED) is 0.494. The standard InChI is InChI=1S/C29H36N6O2/c1-19-8-9-20(2)21(14-19)16-34-18-31-25-15-26(28(36)32-24-12-10-22(30)11-13-24)35(17-27(25)34)29(37)33-23-6-4-3-5-7-23/h3-9,14,18,22,24,26H,10-13,15-17,30H2,1-2H3,(H,32,36)(H,33,37). The van der Waals surface area contributed by atoms with Gasteiger partial charge in [-0.3, -0.25) is 4.79 Å². The molecule has 4 N–H and O–H groups in total. The molecular weight excluding hydrogens is 464 g/mol. The Labute approximate surface area is 218 Å². The average molecular weight is 501 g/mol. The Hall–Kier alpha value is -3.65. The Morgan fingerprint density at radius 2 is 1.81 bits per heavy atom. The number of carbonyl (C=O) groups is 2. The fraction of sp³-hybridized carbons (Fsp3) is 0.414. The summed E-state index contributed by atoms with van der Waals surface area (Å²) in [5.41, 5.74) is 12.2. The summed E-state index contributed by atoms with van der Waals surface area (Å²) < 4.78 is 2.11. The zero-order valence-electron chi connectivity index (χ0n) is 21.6. The molecular formula is C29H36N6O2. The third-order valence-electron chi connectivity index (χ3n) is 7.67. The van der Waals surface area contributed by atoms with Crippen molar-refractivity contribution in [1.29, 1.82) is 0 Å². The van der Waals surface area contributed by atoms with Crippen LogP contribution in [0.25, 0.3) is 0 Å². The molecule has 0 radical (unpaired) electrons. The van der Waals surface area contributed by atoms with Gasteiger partial charge < -0.3 is 25.8 Å². The van der Waals surface area contributed by atoms with Crippen molar-refractivity contribution >= 4 is 17.6 Å². The molecule has 1 saturated carbocycles. The molecule has 1 atom stereocenters. The molecule has 2 aliphatic rings. The number of nitrogens with zero attached hydrogens (tertiary/aromatic N) is 3.